The van der Waals surface area contributed by atoms with Gasteiger partial charge in [0.1, 0.15) is 17.5 Å². The van der Waals surface area contributed by atoms with E-state index in [0.29, 0.717) is 27.0 Å². The molecule has 0 aliphatic rings. The average Bonchev–Trinajstić information content (AvgIpc) is 3.16. The predicted octanol–water partition coefficient (Wildman–Crippen LogP) is 5.95. The van der Waals surface area contributed by atoms with E-state index in [0.717, 1.165) is 17.5 Å². The van der Waals surface area contributed by atoms with E-state index in [1.165, 1.54) is 29.5 Å². The molecule has 0 saturated heterocycles. The van der Waals surface area contributed by atoms with Gasteiger partial charge >= 0.3 is 0 Å². The number of ether oxygens (including phenoxy) is 1. The molecular formula is C18H16ClF2N3OS2. The molecule has 2 aromatic carbocycles. The van der Waals surface area contributed by atoms with Crippen molar-refractivity contribution in [1.29, 1.82) is 0 Å². The lowest BCUT2D eigenvalue weighted by Crippen LogP contribution is -2.07. The summed E-state index contributed by atoms with van der Waals surface area (Å²) in [7, 11) is 1.55. The van der Waals surface area contributed by atoms with Crippen molar-refractivity contribution in [3.05, 3.63) is 69.0 Å². The lowest BCUT2D eigenvalue weighted by molar-refractivity contribution is 0.184. The highest BCUT2D eigenvalue weighted by Gasteiger charge is 2.13. The van der Waals surface area contributed by atoms with Gasteiger partial charge in [-0.05, 0) is 35.7 Å². The summed E-state index contributed by atoms with van der Waals surface area (Å²) in [5, 5.41) is 5.15. The molecule has 0 unspecified atom stereocenters. The molecule has 142 valence electrons. The van der Waals surface area contributed by atoms with Gasteiger partial charge in [-0.15, -0.1) is 11.3 Å². The van der Waals surface area contributed by atoms with Crippen LogP contribution >= 0.6 is 34.9 Å². The zero-order valence-electron chi connectivity index (χ0n) is 14.3. The summed E-state index contributed by atoms with van der Waals surface area (Å²) in [5.74, 6) is -0.151. The average molecular weight is 428 g/mol. The second kappa shape index (κ2) is 9.36. The quantitative estimate of drug-likeness (QED) is 0.435. The molecule has 0 saturated carbocycles. The van der Waals surface area contributed by atoms with Gasteiger partial charge in [-0.25, -0.2) is 13.8 Å². The van der Waals surface area contributed by atoms with Crippen molar-refractivity contribution >= 4 is 46.4 Å². The second-order valence-electron chi connectivity index (χ2n) is 5.50. The highest BCUT2D eigenvalue weighted by Crippen LogP contribution is 2.32. The molecule has 3 rings (SSSR count). The number of benzene rings is 2. The zero-order chi connectivity index (χ0) is 19.2. The molecule has 0 amide bonds. The fourth-order valence-corrected chi connectivity index (χ4v) is 3.90. The van der Waals surface area contributed by atoms with E-state index in [9.17, 15) is 8.78 Å². The molecule has 27 heavy (non-hydrogen) atoms. The van der Waals surface area contributed by atoms with E-state index in [4.69, 9.17) is 16.3 Å². The summed E-state index contributed by atoms with van der Waals surface area (Å²) in [4.78, 5) is 4.41. The number of halogens is 3. The Morgan fingerprint density at radius 1 is 1.26 bits per heavy atom. The molecule has 0 radical (unpaired) electrons. The number of nitrogens with one attached hydrogen (secondary N) is 2. The lowest BCUT2D eigenvalue weighted by atomic mass is 10.1. The highest BCUT2D eigenvalue weighted by atomic mass is 35.5. The third-order valence-corrected chi connectivity index (χ3v) is 5.43. The van der Waals surface area contributed by atoms with Crippen LogP contribution in [0.3, 0.4) is 0 Å². The number of thiazole rings is 1. The van der Waals surface area contributed by atoms with Crippen LogP contribution in [0.15, 0.2) is 46.1 Å². The monoisotopic (exact) mass is 427 g/mol. The van der Waals surface area contributed by atoms with Gasteiger partial charge in [0.25, 0.3) is 0 Å². The number of rotatable bonds is 8. The number of nitrogens with zero attached hydrogens (tertiary/aromatic N) is 1. The van der Waals surface area contributed by atoms with E-state index in [1.54, 1.807) is 24.8 Å². The van der Waals surface area contributed by atoms with Gasteiger partial charge in [0, 0.05) is 24.6 Å². The van der Waals surface area contributed by atoms with Crippen LogP contribution in [0.5, 0.6) is 0 Å². The summed E-state index contributed by atoms with van der Waals surface area (Å²) < 4.78 is 36.6. The maximum atomic E-state index is 14.4. The second-order valence-corrected chi connectivity index (χ2v) is 7.48. The molecule has 1 aromatic heterocycles. The Balaban J connectivity index is 1.72. The van der Waals surface area contributed by atoms with Crippen LogP contribution < -0.4 is 10.0 Å². The molecule has 0 spiro atoms. The first-order chi connectivity index (χ1) is 13.1. The molecule has 0 atom stereocenters. The van der Waals surface area contributed by atoms with Crippen LogP contribution in [0, 0.1) is 11.6 Å². The minimum Gasteiger partial charge on any atom is -0.380 e. The van der Waals surface area contributed by atoms with Crippen LogP contribution in [0.2, 0.25) is 5.02 Å². The van der Waals surface area contributed by atoms with Crippen molar-refractivity contribution in [2.45, 2.75) is 18.0 Å². The number of hydrogen-bond donors (Lipinski definition) is 2. The molecule has 0 aliphatic carbocycles. The van der Waals surface area contributed by atoms with E-state index < -0.39 is 5.82 Å². The van der Waals surface area contributed by atoms with Gasteiger partial charge in [-0.1, -0.05) is 23.7 Å². The molecule has 0 fully saturated rings. The number of anilines is 2. The Morgan fingerprint density at radius 3 is 2.85 bits per heavy atom. The first kappa shape index (κ1) is 19.9. The summed E-state index contributed by atoms with van der Waals surface area (Å²) in [6.45, 7) is 0.447. The first-order valence-corrected chi connectivity index (χ1v) is 10.0. The largest absolute Gasteiger partial charge is 0.380 e. The Kier molecular flexibility index (Phi) is 6.89. The van der Waals surface area contributed by atoms with Crippen molar-refractivity contribution in [2.75, 3.05) is 17.1 Å². The van der Waals surface area contributed by atoms with Crippen molar-refractivity contribution in [1.82, 2.24) is 4.98 Å². The number of hydrogen-bond acceptors (Lipinski definition) is 6. The fourth-order valence-electron chi connectivity index (χ4n) is 2.39. The van der Waals surface area contributed by atoms with Crippen molar-refractivity contribution in [2.24, 2.45) is 0 Å². The summed E-state index contributed by atoms with van der Waals surface area (Å²) in [6.07, 6.45) is 0. The van der Waals surface area contributed by atoms with Crippen LogP contribution in [0.4, 0.5) is 20.3 Å². The topological polar surface area (TPSA) is 46.2 Å². The molecule has 3 aromatic rings. The van der Waals surface area contributed by atoms with Crippen LogP contribution in [-0.4, -0.2) is 12.1 Å². The highest BCUT2D eigenvalue weighted by molar-refractivity contribution is 8.00. The third-order valence-electron chi connectivity index (χ3n) is 3.69. The van der Waals surface area contributed by atoms with Gasteiger partial charge in [0.2, 0.25) is 0 Å². The molecule has 4 nitrogen and oxygen atoms in total. The Bertz CT molecular complexity index is 910. The number of methoxy groups -OCH3 is 1. The third kappa shape index (κ3) is 5.10. The summed E-state index contributed by atoms with van der Waals surface area (Å²) in [6, 6.07) is 7.60. The summed E-state index contributed by atoms with van der Waals surface area (Å²) >= 11 is 8.79. The van der Waals surface area contributed by atoms with Gasteiger partial charge in [-0.3, -0.25) is 0 Å². The van der Waals surface area contributed by atoms with E-state index in [1.807, 2.05) is 5.38 Å². The predicted molar refractivity (Wildman–Crippen MR) is 107 cm³/mol. The smallest absolute Gasteiger partial charge is 0.147 e. The van der Waals surface area contributed by atoms with Crippen molar-refractivity contribution in [3.8, 4) is 0 Å². The Hall–Kier alpha value is -1.87. The fraction of sp³-hybridized carbons (Fsp3) is 0.167. The van der Waals surface area contributed by atoms with Gasteiger partial charge in [-0.2, -0.15) is 0 Å². The minimum atomic E-state index is -0.444. The molecule has 9 heteroatoms. The lowest BCUT2D eigenvalue weighted by Gasteiger charge is -2.14. The summed E-state index contributed by atoms with van der Waals surface area (Å²) in [5.41, 5.74) is 3.25. The maximum absolute atomic E-state index is 14.4. The standard InChI is InChI=1S/C18H16ClF2N3OS2/c1-25-8-11-3-2-4-14(20)12(11)7-22-16-6-15(21)17(5-13(16)19)27-24-18-9-26-10-23-18/h2-6,9-10,22,24H,7-8H2,1H3. The van der Waals surface area contributed by atoms with Gasteiger partial charge < -0.3 is 14.8 Å². The van der Waals surface area contributed by atoms with Gasteiger partial charge in [0.05, 0.1) is 27.7 Å². The number of aromatic nitrogens is 1. The maximum Gasteiger partial charge on any atom is 0.147 e. The Labute approximate surface area is 169 Å². The minimum absolute atomic E-state index is 0.161. The van der Waals surface area contributed by atoms with Crippen molar-refractivity contribution < 1.29 is 13.5 Å². The van der Waals surface area contributed by atoms with E-state index in [2.05, 4.69) is 15.0 Å². The van der Waals surface area contributed by atoms with E-state index >= 15 is 0 Å². The van der Waals surface area contributed by atoms with E-state index in [-0.39, 0.29) is 19.0 Å². The SMILES string of the molecule is COCc1cccc(F)c1CNc1cc(F)c(SNc2cscn2)cc1Cl. The first-order valence-electron chi connectivity index (χ1n) is 7.87. The van der Waals surface area contributed by atoms with Crippen LogP contribution in [0.1, 0.15) is 11.1 Å². The molecule has 1 heterocycles. The Morgan fingerprint density at radius 2 is 2.11 bits per heavy atom. The molecule has 0 aliphatic heterocycles. The molecule has 0 bridgehead atoms. The normalized spacial score (nSPS) is 10.8. The molecular weight excluding hydrogens is 412 g/mol. The van der Waals surface area contributed by atoms with Crippen LogP contribution in [0.25, 0.3) is 0 Å². The van der Waals surface area contributed by atoms with Crippen molar-refractivity contribution in [3.63, 3.8) is 0 Å². The van der Waals surface area contributed by atoms with Crippen LogP contribution in [-0.2, 0) is 17.9 Å². The zero-order valence-corrected chi connectivity index (χ0v) is 16.7. The van der Waals surface area contributed by atoms with Gasteiger partial charge in [0.15, 0.2) is 0 Å². The molecule has 2 N–H and O–H groups in total.